The number of rotatable bonds is 1. The molecule has 2 aliphatic rings. The van der Waals surface area contributed by atoms with E-state index in [1.807, 2.05) is 11.8 Å². The normalized spacial score (nSPS) is 33.2. The molecule has 3 unspecified atom stereocenters. The van der Waals surface area contributed by atoms with Crippen LogP contribution in [0.5, 0.6) is 0 Å². The summed E-state index contributed by atoms with van der Waals surface area (Å²) in [6, 6.07) is 0.312. The number of hydrogen-bond acceptors (Lipinski definition) is 2. The van der Waals surface area contributed by atoms with Crippen LogP contribution in [-0.2, 0) is 4.79 Å². The average Bonchev–Trinajstić information content (AvgIpc) is 2.83. The molecule has 96 valence electrons. The monoisotopic (exact) mass is 240 g/mol. The topological polar surface area (TPSA) is 60.9 Å². The van der Waals surface area contributed by atoms with E-state index in [9.17, 15) is 9.59 Å². The zero-order valence-corrected chi connectivity index (χ0v) is 10.4. The lowest BCUT2D eigenvalue weighted by molar-refractivity contribution is -0.142. The molecule has 0 aromatic carbocycles. The highest BCUT2D eigenvalue weighted by Crippen LogP contribution is 2.26. The predicted molar refractivity (Wildman–Crippen MR) is 62.7 cm³/mol. The van der Waals surface area contributed by atoms with Crippen LogP contribution >= 0.6 is 0 Å². The summed E-state index contributed by atoms with van der Waals surface area (Å²) in [5.74, 6) is -1.14. The number of carbonyl (C=O) groups is 2. The van der Waals surface area contributed by atoms with Gasteiger partial charge in [0.1, 0.15) is 0 Å². The maximum absolute atomic E-state index is 12.2. The minimum atomic E-state index is -0.790. The molecule has 2 heterocycles. The van der Waals surface area contributed by atoms with Crippen LogP contribution in [0.2, 0.25) is 0 Å². The van der Waals surface area contributed by atoms with Gasteiger partial charge < -0.3 is 14.9 Å². The molecule has 2 saturated heterocycles. The Morgan fingerprint density at radius 1 is 1.24 bits per heavy atom. The minimum absolute atomic E-state index is 0.0191. The molecule has 3 atom stereocenters. The SMILES string of the molecule is CC1CN(C(=O)N2CCCC2C)CC1C(=O)O. The first-order valence-corrected chi connectivity index (χ1v) is 6.29. The Hall–Kier alpha value is -1.26. The highest BCUT2D eigenvalue weighted by molar-refractivity contribution is 5.78. The largest absolute Gasteiger partial charge is 0.481 e. The number of nitrogens with zero attached hydrogens (tertiary/aromatic N) is 2. The van der Waals surface area contributed by atoms with Crippen molar-refractivity contribution in [2.75, 3.05) is 19.6 Å². The summed E-state index contributed by atoms with van der Waals surface area (Å²) in [5.41, 5.74) is 0. The molecule has 2 aliphatic heterocycles. The van der Waals surface area contributed by atoms with Crippen LogP contribution in [0.25, 0.3) is 0 Å². The van der Waals surface area contributed by atoms with E-state index in [0.717, 1.165) is 19.4 Å². The van der Waals surface area contributed by atoms with Gasteiger partial charge in [0.15, 0.2) is 0 Å². The van der Waals surface area contributed by atoms with Crippen LogP contribution in [0, 0.1) is 11.8 Å². The average molecular weight is 240 g/mol. The summed E-state index contributed by atoms with van der Waals surface area (Å²) in [5, 5.41) is 9.05. The summed E-state index contributed by atoms with van der Waals surface area (Å²) >= 11 is 0. The van der Waals surface area contributed by atoms with Crippen molar-refractivity contribution in [1.29, 1.82) is 0 Å². The van der Waals surface area contributed by atoms with Gasteiger partial charge in [-0.05, 0) is 25.7 Å². The van der Waals surface area contributed by atoms with Crippen LogP contribution in [0.1, 0.15) is 26.7 Å². The Bertz CT molecular complexity index is 332. The predicted octanol–water partition coefficient (Wildman–Crippen LogP) is 1.24. The van der Waals surface area contributed by atoms with Crippen LogP contribution in [0.15, 0.2) is 0 Å². The maximum atomic E-state index is 12.2. The van der Waals surface area contributed by atoms with Crippen molar-refractivity contribution in [3.8, 4) is 0 Å². The second kappa shape index (κ2) is 4.55. The second-order valence-corrected chi connectivity index (χ2v) is 5.29. The lowest BCUT2D eigenvalue weighted by Crippen LogP contribution is -2.43. The van der Waals surface area contributed by atoms with Crippen molar-refractivity contribution >= 4 is 12.0 Å². The van der Waals surface area contributed by atoms with E-state index in [0.29, 0.717) is 19.1 Å². The van der Waals surface area contributed by atoms with Crippen molar-refractivity contribution in [2.45, 2.75) is 32.7 Å². The van der Waals surface area contributed by atoms with E-state index in [2.05, 4.69) is 6.92 Å². The number of amides is 2. The van der Waals surface area contributed by atoms with E-state index in [-0.39, 0.29) is 11.9 Å². The number of hydrogen-bond donors (Lipinski definition) is 1. The Morgan fingerprint density at radius 2 is 1.94 bits per heavy atom. The van der Waals surface area contributed by atoms with Gasteiger partial charge in [0, 0.05) is 25.7 Å². The first-order chi connectivity index (χ1) is 8.00. The van der Waals surface area contributed by atoms with E-state index in [1.165, 1.54) is 0 Å². The van der Waals surface area contributed by atoms with Crippen LogP contribution in [-0.4, -0.2) is 52.6 Å². The highest BCUT2D eigenvalue weighted by Gasteiger charge is 2.39. The Morgan fingerprint density at radius 3 is 2.41 bits per heavy atom. The number of likely N-dealkylation sites (tertiary alicyclic amines) is 2. The van der Waals surface area contributed by atoms with Gasteiger partial charge in [-0.25, -0.2) is 4.79 Å². The van der Waals surface area contributed by atoms with Crippen molar-refractivity contribution in [3.05, 3.63) is 0 Å². The number of carboxylic acid groups (broad SMARTS) is 1. The van der Waals surface area contributed by atoms with Gasteiger partial charge in [-0.1, -0.05) is 6.92 Å². The van der Waals surface area contributed by atoms with Crippen LogP contribution in [0.3, 0.4) is 0 Å². The number of carboxylic acids is 1. The molecule has 2 rings (SSSR count). The molecule has 0 aliphatic carbocycles. The third-order valence-corrected chi connectivity index (χ3v) is 4.00. The van der Waals surface area contributed by atoms with Crippen molar-refractivity contribution in [1.82, 2.24) is 9.80 Å². The van der Waals surface area contributed by atoms with Crippen molar-refractivity contribution in [3.63, 3.8) is 0 Å². The molecule has 0 radical (unpaired) electrons. The molecule has 2 fully saturated rings. The molecule has 1 N–H and O–H groups in total. The number of aliphatic carboxylic acids is 1. The lowest BCUT2D eigenvalue weighted by atomic mass is 9.99. The molecule has 0 bridgehead atoms. The highest BCUT2D eigenvalue weighted by atomic mass is 16.4. The van der Waals surface area contributed by atoms with Gasteiger partial charge in [0.25, 0.3) is 0 Å². The Labute approximate surface area is 101 Å². The molecule has 0 aromatic rings. The van der Waals surface area contributed by atoms with Gasteiger partial charge in [-0.3, -0.25) is 4.79 Å². The fourth-order valence-corrected chi connectivity index (χ4v) is 2.84. The van der Waals surface area contributed by atoms with E-state index in [1.54, 1.807) is 4.90 Å². The lowest BCUT2D eigenvalue weighted by Gasteiger charge is -2.27. The first-order valence-electron chi connectivity index (χ1n) is 6.29. The Kier molecular flexibility index (Phi) is 3.26. The van der Waals surface area contributed by atoms with E-state index < -0.39 is 11.9 Å². The summed E-state index contributed by atoms with van der Waals surface area (Å²) in [6.07, 6.45) is 2.11. The van der Waals surface area contributed by atoms with E-state index in [4.69, 9.17) is 5.11 Å². The van der Waals surface area contributed by atoms with E-state index >= 15 is 0 Å². The van der Waals surface area contributed by atoms with Crippen molar-refractivity contribution < 1.29 is 14.7 Å². The van der Waals surface area contributed by atoms with Crippen LogP contribution in [0.4, 0.5) is 4.79 Å². The zero-order chi connectivity index (χ0) is 12.6. The fourth-order valence-electron chi connectivity index (χ4n) is 2.84. The molecule has 0 saturated carbocycles. The summed E-state index contributed by atoms with van der Waals surface area (Å²) < 4.78 is 0. The number of urea groups is 1. The molecule has 2 amide bonds. The van der Waals surface area contributed by atoms with Gasteiger partial charge in [-0.15, -0.1) is 0 Å². The smallest absolute Gasteiger partial charge is 0.320 e. The Balaban J connectivity index is 2.00. The first kappa shape index (κ1) is 12.2. The standard InChI is InChI=1S/C12H20N2O3/c1-8-6-13(7-10(8)11(15)16)12(17)14-5-3-4-9(14)2/h8-10H,3-7H2,1-2H3,(H,15,16). The van der Waals surface area contributed by atoms with Crippen molar-refractivity contribution in [2.24, 2.45) is 11.8 Å². The van der Waals surface area contributed by atoms with Gasteiger partial charge in [0.2, 0.25) is 0 Å². The van der Waals surface area contributed by atoms with Gasteiger partial charge in [-0.2, -0.15) is 0 Å². The van der Waals surface area contributed by atoms with Gasteiger partial charge >= 0.3 is 12.0 Å². The quantitative estimate of drug-likeness (QED) is 0.750. The van der Waals surface area contributed by atoms with Crippen LogP contribution < -0.4 is 0 Å². The summed E-state index contributed by atoms with van der Waals surface area (Å²) in [4.78, 5) is 26.8. The molecule has 5 nitrogen and oxygen atoms in total. The molecule has 17 heavy (non-hydrogen) atoms. The molecule has 0 spiro atoms. The molecular formula is C12H20N2O3. The second-order valence-electron chi connectivity index (χ2n) is 5.29. The molecule has 5 heteroatoms. The third kappa shape index (κ3) is 2.23. The zero-order valence-electron chi connectivity index (χ0n) is 10.4. The maximum Gasteiger partial charge on any atom is 0.320 e. The summed E-state index contributed by atoms with van der Waals surface area (Å²) in [6.45, 7) is 5.69. The van der Waals surface area contributed by atoms with Gasteiger partial charge in [0.05, 0.1) is 5.92 Å². The fraction of sp³-hybridized carbons (Fsp3) is 0.833. The molecule has 0 aromatic heterocycles. The third-order valence-electron chi connectivity index (χ3n) is 4.00. The number of carbonyl (C=O) groups excluding carboxylic acids is 1. The minimum Gasteiger partial charge on any atom is -0.481 e. The molecular weight excluding hydrogens is 220 g/mol. The summed E-state index contributed by atoms with van der Waals surface area (Å²) in [7, 11) is 0.